The lowest BCUT2D eigenvalue weighted by atomic mass is 10.2. The number of carbonyl (C=O) groups is 2. The standard InChI is InChI=1S/C21H20F2N4O2/c1-12-10-15(22)4-6-17(12)24-20(28)14(3)27-9-8-19(26-27)21(29)25-18-7-5-16(23)11-13(18)2/h4-11,14H,1-3H3,(H,24,28)(H,25,29). The smallest absolute Gasteiger partial charge is 0.276 e. The summed E-state index contributed by atoms with van der Waals surface area (Å²) in [6.07, 6.45) is 1.52. The number of hydrogen-bond acceptors (Lipinski definition) is 3. The van der Waals surface area contributed by atoms with Crippen LogP contribution in [-0.4, -0.2) is 21.6 Å². The van der Waals surface area contributed by atoms with Crippen LogP contribution in [0.5, 0.6) is 0 Å². The first-order valence-electron chi connectivity index (χ1n) is 8.94. The average Bonchev–Trinajstić information content (AvgIpc) is 3.16. The predicted octanol–water partition coefficient (Wildman–Crippen LogP) is 4.23. The van der Waals surface area contributed by atoms with E-state index in [-0.39, 0.29) is 23.2 Å². The second-order valence-corrected chi connectivity index (χ2v) is 6.72. The second kappa shape index (κ2) is 8.22. The van der Waals surface area contributed by atoms with Crippen molar-refractivity contribution in [3.05, 3.63) is 77.1 Å². The molecule has 6 nitrogen and oxygen atoms in total. The third-order valence-corrected chi connectivity index (χ3v) is 4.50. The highest BCUT2D eigenvalue weighted by molar-refractivity contribution is 6.03. The Balaban J connectivity index is 1.69. The summed E-state index contributed by atoms with van der Waals surface area (Å²) in [6.45, 7) is 5.01. The van der Waals surface area contributed by atoms with Crippen LogP contribution in [-0.2, 0) is 4.79 Å². The Bertz CT molecular complexity index is 1080. The Kier molecular flexibility index (Phi) is 5.72. The van der Waals surface area contributed by atoms with Gasteiger partial charge in [0.25, 0.3) is 5.91 Å². The molecule has 8 heteroatoms. The van der Waals surface area contributed by atoms with Crippen molar-refractivity contribution < 1.29 is 18.4 Å². The number of halogens is 2. The summed E-state index contributed by atoms with van der Waals surface area (Å²) in [4.78, 5) is 24.9. The number of nitrogens with zero attached hydrogens (tertiary/aromatic N) is 2. The van der Waals surface area contributed by atoms with Gasteiger partial charge < -0.3 is 10.6 Å². The van der Waals surface area contributed by atoms with Gasteiger partial charge in [-0.05, 0) is 74.4 Å². The van der Waals surface area contributed by atoms with Gasteiger partial charge >= 0.3 is 0 Å². The molecule has 150 valence electrons. The maximum absolute atomic E-state index is 13.2. The molecule has 0 aliphatic carbocycles. The number of rotatable bonds is 5. The molecule has 0 bridgehead atoms. The van der Waals surface area contributed by atoms with E-state index in [2.05, 4.69) is 15.7 Å². The van der Waals surface area contributed by atoms with E-state index in [1.54, 1.807) is 20.8 Å². The molecule has 1 aromatic heterocycles. The maximum atomic E-state index is 13.2. The minimum absolute atomic E-state index is 0.117. The molecular formula is C21H20F2N4O2. The summed E-state index contributed by atoms with van der Waals surface area (Å²) in [5.41, 5.74) is 2.27. The molecule has 1 heterocycles. The highest BCUT2D eigenvalue weighted by Gasteiger charge is 2.19. The van der Waals surface area contributed by atoms with Gasteiger partial charge in [0.15, 0.2) is 5.69 Å². The van der Waals surface area contributed by atoms with Crippen molar-refractivity contribution in [1.29, 1.82) is 0 Å². The van der Waals surface area contributed by atoms with Crippen molar-refractivity contribution in [2.45, 2.75) is 26.8 Å². The normalized spacial score (nSPS) is 11.8. The molecule has 0 spiro atoms. The van der Waals surface area contributed by atoms with Gasteiger partial charge in [-0.1, -0.05) is 0 Å². The van der Waals surface area contributed by atoms with Gasteiger partial charge in [-0.2, -0.15) is 5.10 Å². The van der Waals surface area contributed by atoms with Crippen molar-refractivity contribution in [2.24, 2.45) is 0 Å². The van der Waals surface area contributed by atoms with Gasteiger partial charge in [-0.15, -0.1) is 0 Å². The van der Waals surface area contributed by atoms with E-state index in [0.717, 1.165) is 0 Å². The zero-order chi connectivity index (χ0) is 21.1. The molecule has 0 saturated heterocycles. The monoisotopic (exact) mass is 398 g/mol. The molecule has 0 radical (unpaired) electrons. The fraction of sp³-hybridized carbons (Fsp3) is 0.190. The third kappa shape index (κ3) is 4.66. The van der Waals surface area contributed by atoms with Gasteiger partial charge in [0, 0.05) is 17.6 Å². The molecule has 2 N–H and O–H groups in total. The van der Waals surface area contributed by atoms with Gasteiger partial charge in [-0.3, -0.25) is 14.3 Å². The molecule has 0 aliphatic heterocycles. The van der Waals surface area contributed by atoms with Crippen molar-refractivity contribution in [2.75, 3.05) is 10.6 Å². The fourth-order valence-electron chi connectivity index (χ4n) is 2.75. The topological polar surface area (TPSA) is 76.0 Å². The van der Waals surface area contributed by atoms with Crippen LogP contribution >= 0.6 is 0 Å². The first kappa shape index (κ1) is 20.2. The number of anilines is 2. The minimum atomic E-state index is -0.700. The first-order chi connectivity index (χ1) is 13.7. The summed E-state index contributed by atoms with van der Waals surface area (Å²) in [6, 6.07) is 8.91. The van der Waals surface area contributed by atoms with Crippen LogP contribution in [0, 0.1) is 25.5 Å². The van der Waals surface area contributed by atoms with E-state index in [9.17, 15) is 18.4 Å². The molecule has 0 fully saturated rings. The van der Waals surface area contributed by atoms with Crippen molar-refractivity contribution in [1.82, 2.24) is 9.78 Å². The quantitative estimate of drug-likeness (QED) is 0.675. The van der Waals surface area contributed by atoms with Crippen molar-refractivity contribution in [3.63, 3.8) is 0 Å². The SMILES string of the molecule is Cc1cc(F)ccc1NC(=O)c1ccn(C(C)C(=O)Nc2ccc(F)cc2C)n1. The number of nitrogens with one attached hydrogen (secondary N) is 2. The molecule has 29 heavy (non-hydrogen) atoms. The molecular weight excluding hydrogens is 378 g/mol. The van der Waals surface area contributed by atoms with Gasteiger partial charge in [-0.25, -0.2) is 8.78 Å². The molecule has 1 atom stereocenters. The number of carbonyl (C=O) groups excluding carboxylic acids is 2. The highest BCUT2D eigenvalue weighted by Crippen LogP contribution is 2.19. The average molecular weight is 398 g/mol. The molecule has 0 aliphatic rings. The predicted molar refractivity (Wildman–Crippen MR) is 106 cm³/mol. The zero-order valence-corrected chi connectivity index (χ0v) is 16.2. The number of hydrogen-bond donors (Lipinski definition) is 2. The van der Waals surface area contributed by atoms with Crippen molar-refractivity contribution >= 4 is 23.2 Å². The number of aromatic nitrogens is 2. The zero-order valence-electron chi connectivity index (χ0n) is 16.2. The van der Waals surface area contributed by atoms with Crippen LogP contribution in [0.4, 0.5) is 20.2 Å². The molecule has 3 rings (SSSR count). The van der Waals surface area contributed by atoms with Crippen LogP contribution in [0.25, 0.3) is 0 Å². The molecule has 1 unspecified atom stereocenters. The highest BCUT2D eigenvalue weighted by atomic mass is 19.1. The van der Waals surface area contributed by atoms with Crippen LogP contribution in [0.2, 0.25) is 0 Å². The fourth-order valence-corrected chi connectivity index (χ4v) is 2.75. The Morgan fingerprint density at radius 2 is 1.48 bits per heavy atom. The minimum Gasteiger partial charge on any atom is -0.324 e. The summed E-state index contributed by atoms with van der Waals surface area (Å²) in [5, 5.41) is 9.56. The summed E-state index contributed by atoms with van der Waals surface area (Å²) >= 11 is 0. The van der Waals surface area contributed by atoms with E-state index in [1.807, 2.05) is 0 Å². The summed E-state index contributed by atoms with van der Waals surface area (Å²) in [5.74, 6) is -1.60. The van der Waals surface area contributed by atoms with Crippen LogP contribution in [0.15, 0.2) is 48.7 Å². The summed E-state index contributed by atoms with van der Waals surface area (Å²) in [7, 11) is 0. The van der Waals surface area contributed by atoms with E-state index in [4.69, 9.17) is 0 Å². The maximum Gasteiger partial charge on any atom is 0.276 e. The molecule has 2 amide bonds. The largest absolute Gasteiger partial charge is 0.324 e. The molecule has 0 saturated carbocycles. The number of amides is 2. The first-order valence-corrected chi connectivity index (χ1v) is 8.94. The Morgan fingerprint density at radius 3 is 2.03 bits per heavy atom. The second-order valence-electron chi connectivity index (χ2n) is 6.72. The van der Waals surface area contributed by atoms with E-state index in [1.165, 1.54) is 53.3 Å². The van der Waals surface area contributed by atoms with E-state index < -0.39 is 11.9 Å². The van der Waals surface area contributed by atoms with Gasteiger partial charge in [0.2, 0.25) is 5.91 Å². The van der Waals surface area contributed by atoms with Gasteiger partial charge in [0.1, 0.15) is 17.7 Å². The van der Waals surface area contributed by atoms with E-state index in [0.29, 0.717) is 22.5 Å². The Labute approximate surface area is 166 Å². The summed E-state index contributed by atoms with van der Waals surface area (Å²) < 4.78 is 27.8. The third-order valence-electron chi connectivity index (χ3n) is 4.50. The number of benzene rings is 2. The number of aryl methyl sites for hydroxylation is 2. The van der Waals surface area contributed by atoms with Crippen molar-refractivity contribution in [3.8, 4) is 0 Å². The molecule has 3 aromatic rings. The van der Waals surface area contributed by atoms with Gasteiger partial charge in [0.05, 0.1) is 0 Å². The lowest BCUT2D eigenvalue weighted by Gasteiger charge is -2.14. The van der Waals surface area contributed by atoms with Crippen LogP contribution in [0.3, 0.4) is 0 Å². The molecule has 2 aromatic carbocycles. The Morgan fingerprint density at radius 1 is 0.931 bits per heavy atom. The Hall–Kier alpha value is -3.55. The van der Waals surface area contributed by atoms with E-state index >= 15 is 0 Å². The lowest BCUT2D eigenvalue weighted by Crippen LogP contribution is -2.25. The lowest BCUT2D eigenvalue weighted by molar-refractivity contribution is -0.119. The van der Waals surface area contributed by atoms with Crippen LogP contribution in [0.1, 0.15) is 34.6 Å². The van der Waals surface area contributed by atoms with Crippen LogP contribution < -0.4 is 10.6 Å².